The van der Waals surface area contributed by atoms with Gasteiger partial charge in [0.2, 0.25) is 0 Å². The molecule has 0 rings (SSSR count). The largest absolute Gasteiger partial charge is 0.312 e. The van der Waals surface area contributed by atoms with Gasteiger partial charge in [0, 0.05) is 6.21 Å². The molecule has 0 radical (unpaired) electrons. The minimum atomic E-state index is 0.00463. The third-order valence-electron chi connectivity index (χ3n) is 0.513. The van der Waals surface area contributed by atoms with Gasteiger partial charge >= 0.3 is 0 Å². The second-order valence-electron chi connectivity index (χ2n) is 1.12. The van der Waals surface area contributed by atoms with Gasteiger partial charge in [0.05, 0.1) is 5.92 Å². The molecule has 0 aromatic carbocycles. The van der Waals surface area contributed by atoms with Crippen molar-refractivity contribution in [1.82, 2.24) is 0 Å². The summed E-state index contributed by atoms with van der Waals surface area (Å²) in [6.07, 6.45) is 6.12. The Labute approximate surface area is 37.9 Å². The van der Waals surface area contributed by atoms with E-state index in [9.17, 15) is 0 Å². The van der Waals surface area contributed by atoms with Gasteiger partial charge in [0.1, 0.15) is 0 Å². The zero-order chi connectivity index (χ0) is 4.99. The average Bonchev–Trinajstić information content (AvgIpc) is 1.65. The standard InChI is InChI=1S/C5H7N/c1-3-5(2)4-6/h1,4-6H,2H3/t5-/m1/s1. The van der Waals surface area contributed by atoms with Crippen molar-refractivity contribution in [2.75, 3.05) is 0 Å². The maximum absolute atomic E-state index is 6.54. The monoisotopic (exact) mass is 81.1 g/mol. The summed E-state index contributed by atoms with van der Waals surface area (Å²) in [5.41, 5.74) is 0. The van der Waals surface area contributed by atoms with Crippen LogP contribution in [0.3, 0.4) is 0 Å². The van der Waals surface area contributed by atoms with E-state index in [0.717, 1.165) is 0 Å². The summed E-state index contributed by atoms with van der Waals surface area (Å²) in [6, 6.07) is 0. The highest BCUT2D eigenvalue weighted by Gasteiger charge is 1.81. The Morgan fingerprint density at radius 3 is 2.50 bits per heavy atom. The van der Waals surface area contributed by atoms with Crippen molar-refractivity contribution in [3.8, 4) is 12.3 Å². The van der Waals surface area contributed by atoms with Crippen molar-refractivity contribution in [3.05, 3.63) is 0 Å². The Bertz CT molecular complexity index is 78.4. The smallest absolute Gasteiger partial charge is 0.0517 e. The number of rotatable bonds is 1. The Morgan fingerprint density at radius 1 is 2.00 bits per heavy atom. The number of hydrogen-bond donors (Lipinski definition) is 1. The van der Waals surface area contributed by atoms with Crippen LogP contribution in [0.25, 0.3) is 0 Å². The molecule has 1 N–H and O–H groups in total. The molecule has 1 atom stereocenters. The van der Waals surface area contributed by atoms with Crippen LogP contribution in [0.15, 0.2) is 0 Å². The van der Waals surface area contributed by atoms with Gasteiger partial charge in [-0.2, -0.15) is 0 Å². The average molecular weight is 81.1 g/mol. The summed E-state index contributed by atoms with van der Waals surface area (Å²) >= 11 is 0. The van der Waals surface area contributed by atoms with Crippen LogP contribution in [-0.4, -0.2) is 6.21 Å². The minimum absolute atomic E-state index is 0.00463. The lowest BCUT2D eigenvalue weighted by atomic mass is 10.2. The van der Waals surface area contributed by atoms with E-state index >= 15 is 0 Å². The lowest BCUT2D eigenvalue weighted by Crippen LogP contribution is -1.85. The topological polar surface area (TPSA) is 23.9 Å². The first kappa shape index (κ1) is 5.23. The summed E-state index contributed by atoms with van der Waals surface area (Å²) in [6.45, 7) is 1.80. The van der Waals surface area contributed by atoms with E-state index in [1.807, 2.05) is 0 Å². The first-order chi connectivity index (χ1) is 2.81. The normalized spacial score (nSPS) is 12.0. The van der Waals surface area contributed by atoms with Gasteiger partial charge in [-0.3, -0.25) is 0 Å². The fourth-order valence-electron chi connectivity index (χ4n) is 0.0481. The molecule has 0 aromatic rings. The van der Waals surface area contributed by atoms with Crippen molar-refractivity contribution in [1.29, 1.82) is 5.41 Å². The zero-order valence-corrected chi connectivity index (χ0v) is 3.73. The first-order valence-electron chi connectivity index (χ1n) is 1.78. The Kier molecular flexibility index (Phi) is 2.15. The van der Waals surface area contributed by atoms with Gasteiger partial charge in [-0.1, -0.05) is 5.92 Å². The van der Waals surface area contributed by atoms with E-state index < -0.39 is 0 Å². The van der Waals surface area contributed by atoms with Crippen LogP contribution in [-0.2, 0) is 0 Å². The second-order valence-corrected chi connectivity index (χ2v) is 1.12. The Morgan fingerprint density at radius 2 is 2.50 bits per heavy atom. The van der Waals surface area contributed by atoms with Crippen molar-refractivity contribution in [2.24, 2.45) is 5.92 Å². The van der Waals surface area contributed by atoms with E-state index in [0.29, 0.717) is 0 Å². The molecule has 1 heteroatoms. The molecule has 0 fully saturated rings. The van der Waals surface area contributed by atoms with Gasteiger partial charge in [-0.25, -0.2) is 0 Å². The maximum Gasteiger partial charge on any atom is 0.0517 e. The van der Waals surface area contributed by atoms with E-state index in [1.54, 1.807) is 6.92 Å². The molecule has 0 aliphatic carbocycles. The highest BCUT2D eigenvalue weighted by atomic mass is 14.3. The molecule has 1 nitrogen and oxygen atoms in total. The summed E-state index contributed by atoms with van der Waals surface area (Å²) < 4.78 is 0. The minimum Gasteiger partial charge on any atom is -0.312 e. The zero-order valence-electron chi connectivity index (χ0n) is 3.73. The molecule has 0 aliphatic rings. The molecule has 0 aromatic heterocycles. The van der Waals surface area contributed by atoms with Gasteiger partial charge in [-0.15, -0.1) is 6.42 Å². The van der Waals surface area contributed by atoms with Crippen LogP contribution >= 0.6 is 0 Å². The lowest BCUT2D eigenvalue weighted by Gasteiger charge is -1.83. The maximum atomic E-state index is 6.54. The van der Waals surface area contributed by atoms with Crippen LogP contribution < -0.4 is 0 Å². The van der Waals surface area contributed by atoms with Gasteiger partial charge in [0.25, 0.3) is 0 Å². The summed E-state index contributed by atoms with van der Waals surface area (Å²) in [4.78, 5) is 0. The third kappa shape index (κ3) is 1.54. The fraction of sp³-hybridized carbons (Fsp3) is 0.400. The molecule has 0 saturated heterocycles. The SMILES string of the molecule is C#C[C@@H](C)C=N. The van der Waals surface area contributed by atoms with E-state index in [-0.39, 0.29) is 5.92 Å². The summed E-state index contributed by atoms with van der Waals surface area (Å²) in [5.74, 6) is 2.38. The van der Waals surface area contributed by atoms with Gasteiger partial charge in [0.15, 0.2) is 0 Å². The van der Waals surface area contributed by atoms with Crippen molar-refractivity contribution < 1.29 is 0 Å². The Balaban J connectivity index is 3.30. The molecular weight excluding hydrogens is 74.1 g/mol. The molecule has 0 heterocycles. The molecule has 0 amide bonds. The van der Waals surface area contributed by atoms with Gasteiger partial charge in [-0.05, 0) is 6.92 Å². The number of hydrogen-bond acceptors (Lipinski definition) is 1. The predicted octanol–water partition coefficient (Wildman–Crippen LogP) is 0.905. The van der Waals surface area contributed by atoms with Gasteiger partial charge < -0.3 is 5.41 Å². The molecule has 6 heavy (non-hydrogen) atoms. The second kappa shape index (κ2) is 2.47. The highest BCUT2D eigenvalue weighted by molar-refractivity contribution is 5.60. The van der Waals surface area contributed by atoms with Crippen molar-refractivity contribution in [3.63, 3.8) is 0 Å². The summed E-state index contributed by atoms with van der Waals surface area (Å²) in [7, 11) is 0. The molecule has 0 unspecified atom stereocenters. The quantitative estimate of drug-likeness (QED) is 0.358. The molecule has 0 saturated carbocycles. The van der Waals surface area contributed by atoms with E-state index in [4.69, 9.17) is 11.8 Å². The Hall–Kier alpha value is -0.770. The number of terminal acetylenes is 1. The van der Waals surface area contributed by atoms with E-state index in [1.165, 1.54) is 6.21 Å². The predicted molar refractivity (Wildman–Crippen MR) is 26.8 cm³/mol. The first-order valence-corrected chi connectivity index (χ1v) is 1.78. The molecule has 32 valence electrons. The van der Waals surface area contributed by atoms with Crippen LogP contribution in [0, 0.1) is 23.7 Å². The van der Waals surface area contributed by atoms with Crippen LogP contribution in [0.1, 0.15) is 6.92 Å². The molecule has 0 aliphatic heterocycles. The number of nitrogens with one attached hydrogen (secondary N) is 1. The third-order valence-corrected chi connectivity index (χ3v) is 0.513. The molecule has 0 spiro atoms. The summed E-state index contributed by atoms with van der Waals surface area (Å²) in [5, 5.41) is 6.54. The fourth-order valence-corrected chi connectivity index (χ4v) is 0.0481. The van der Waals surface area contributed by atoms with Crippen molar-refractivity contribution in [2.45, 2.75) is 6.92 Å². The van der Waals surface area contributed by atoms with Crippen LogP contribution in [0.4, 0.5) is 0 Å². The lowest BCUT2D eigenvalue weighted by molar-refractivity contribution is 1.06. The van der Waals surface area contributed by atoms with E-state index in [2.05, 4.69) is 5.92 Å². The van der Waals surface area contributed by atoms with Crippen molar-refractivity contribution >= 4 is 6.21 Å². The molecule has 0 bridgehead atoms. The van der Waals surface area contributed by atoms with Crippen LogP contribution in [0.2, 0.25) is 0 Å². The highest BCUT2D eigenvalue weighted by Crippen LogP contribution is 1.79. The molecular formula is C5H7N. The van der Waals surface area contributed by atoms with Crippen LogP contribution in [0.5, 0.6) is 0 Å².